The van der Waals surface area contributed by atoms with E-state index in [-0.39, 0.29) is 0 Å². The number of hydrogen-bond acceptors (Lipinski definition) is 7. The van der Waals surface area contributed by atoms with E-state index in [1.165, 1.54) is 16.5 Å². The second-order valence-corrected chi connectivity index (χ2v) is 8.38. The number of aromatic amines is 1. The quantitative estimate of drug-likeness (QED) is 0.433. The van der Waals surface area contributed by atoms with Crippen molar-refractivity contribution < 1.29 is 4.74 Å². The van der Waals surface area contributed by atoms with Crippen LogP contribution in [0.3, 0.4) is 0 Å². The molecule has 8 heteroatoms. The Kier molecular flexibility index (Phi) is 4.65. The van der Waals surface area contributed by atoms with Gasteiger partial charge < -0.3 is 25.3 Å². The average molecular weight is 428 g/mol. The van der Waals surface area contributed by atoms with Gasteiger partial charge in [0.05, 0.1) is 25.9 Å². The van der Waals surface area contributed by atoms with Gasteiger partial charge in [-0.15, -0.1) is 0 Å². The van der Waals surface area contributed by atoms with E-state index in [1.54, 1.807) is 0 Å². The van der Waals surface area contributed by atoms with Crippen LogP contribution < -0.4 is 15.5 Å². The minimum atomic E-state index is 0.348. The number of rotatable bonds is 6. The summed E-state index contributed by atoms with van der Waals surface area (Å²) >= 11 is 0. The summed E-state index contributed by atoms with van der Waals surface area (Å²) < 4.78 is 5.42. The molecular formula is C24H25N7O. The molecule has 0 bridgehead atoms. The van der Waals surface area contributed by atoms with E-state index in [2.05, 4.69) is 62.0 Å². The SMILES string of the molecule is Cc1cncc(-c2nc(NCCc3c[nH]c4ccccc34)c3c(n2)N(C2COC2)CN3)c1. The first kappa shape index (κ1) is 19.1. The summed E-state index contributed by atoms with van der Waals surface area (Å²) in [6.07, 6.45) is 6.65. The third kappa shape index (κ3) is 3.33. The first-order valence-electron chi connectivity index (χ1n) is 11.0. The van der Waals surface area contributed by atoms with Gasteiger partial charge in [0, 0.05) is 41.6 Å². The molecule has 0 radical (unpaired) electrons. The van der Waals surface area contributed by atoms with Crippen LogP contribution in [0.2, 0.25) is 0 Å². The maximum atomic E-state index is 5.42. The minimum Gasteiger partial charge on any atom is -0.377 e. The minimum absolute atomic E-state index is 0.348. The lowest BCUT2D eigenvalue weighted by atomic mass is 10.1. The zero-order chi connectivity index (χ0) is 21.5. The molecule has 0 atom stereocenters. The van der Waals surface area contributed by atoms with Crippen molar-refractivity contribution in [1.82, 2.24) is 19.9 Å². The van der Waals surface area contributed by atoms with Gasteiger partial charge in [0.15, 0.2) is 17.5 Å². The molecule has 2 aliphatic rings. The lowest BCUT2D eigenvalue weighted by molar-refractivity contribution is 0.00893. The number of benzene rings is 1. The van der Waals surface area contributed by atoms with Gasteiger partial charge >= 0.3 is 0 Å². The van der Waals surface area contributed by atoms with Crippen LogP contribution in [0.15, 0.2) is 48.9 Å². The Labute approximate surface area is 186 Å². The van der Waals surface area contributed by atoms with Crippen LogP contribution in [0.4, 0.5) is 17.3 Å². The summed E-state index contributed by atoms with van der Waals surface area (Å²) in [4.78, 5) is 19.8. The number of fused-ring (bicyclic) bond motifs is 2. The molecule has 162 valence electrons. The van der Waals surface area contributed by atoms with Crippen LogP contribution in [0.5, 0.6) is 0 Å². The van der Waals surface area contributed by atoms with Crippen LogP contribution in [0.1, 0.15) is 11.1 Å². The number of anilines is 3. The van der Waals surface area contributed by atoms with Crippen LogP contribution in [-0.4, -0.2) is 52.4 Å². The summed E-state index contributed by atoms with van der Waals surface area (Å²) in [6, 6.07) is 10.8. The number of H-pyrrole nitrogens is 1. The molecule has 6 rings (SSSR count). The molecule has 0 amide bonds. The van der Waals surface area contributed by atoms with E-state index in [1.807, 2.05) is 19.3 Å². The van der Waals surface area contributed by atoms with E-state index in [9.17, 15) is 0 Å². The Bertz CT molecular complexity index is 1280. The smallest absolute Gasteiger partial charge is 0.165 e. The maximum Gasteiger partial charge on any atom is 0.165 e. The Hall–Kier alpha value is -3.65. The second kappa shape index (κ2) is 7.80. The lowest BCUT2D eigenvalue weighted by Crippen LogP contribution is -2.49. The first-order chi connectivity index (χ1) is 15.8. The summed E-state index contributed by atoms with van der Waals surface area (Å²) in [5, 5.41) is 8.32. The van der Waals surface area contributed by atoms with Gasteiger partial charge in [-0.3, -0.25) is 4.98 Å². The highest BCUT2D eigenvalue weighted by atomic mass is 16.5. The van der Waals surface area contributed by atoms with Gasteiger partial charge in [-0.2, -0.15) is 0 Å². The molecule has 5 heterocycles. The Morgan fingerprint density at radius 3 is 2.94 bits per heavy atom. The van der Waals surface area contributed by atoms with Crippen LogP contribution in [0, 0.1) is 6.92 Å². The van der Waals surface area contributed by atoms with E-state index < -0.39 is 0 Å². The van der Waals surface area contributed by atoms with Gasteiger partial charge in [0.25, 0.3) is 0 Å². The van der Waals surface area contributed by atoms with Crippen molar-refractivity contribution in [2.24, 2.45) is 0 Å². The highest BCUT2D eigenvalue weighted by molar-refractivity contribution is 5.85. The van der Waals surface area contributed by atoms with Gasteiger partial charge in [0.1, 0.15) is 5.69 Å². The third-order valence-corrected chi connectivity index (χ3v) is 6.14. The molecule has 8 nitrogen and oxygen atoms in total. The standard InChI is InChI=1S/C24H25N7O/c1-15-8-17(10-25-9-15)22-29-23(21-24(30-22)31(14-28-21)18-12-32-13-18)26-7-6-16-11-27-20-5-3-2-4-19(16)20/h2-5,8-11,18,27-28H,6-7,12-14H2,1H3,(H,26,29,30). The predicted molar refractivity (Wildman–Crippen MR) is 126 cm³/mol. The van der Waals surface area contributed by atoms with Crippen LogP contribution >= 0.6 is 0 Å². The van der Waals surface area contributed by atoms with E-state index in [0.29, 0.717) is 18.5 Å². The van der Waals surface area contributed by atoms with Crippen LogP contribution in [-0.2, 0) is 11.2 Å². The first-order valence-corrected chi connectivity index (χ1v) is 11.0. The molecule has 1 fully saturated rings. The molecule has 0 spiro atoms. The Balaban J connectivity index is 1.31. The summed E-state index contributed by atoms with van der Waals surface area (Å²) in [7, 11) is 0. The van der Waals surface area contributed by atoms with Gasteiger partial charge in [-0.25, -0.2) is 9.97 Å². The molecule has 3 N–H and O–H groups in total. The fraction of sp³-hybridized carbons (Fsp3) is 0.292. The number of pyridine rings is 1. The normalized spacial score (nSPS) is 15.5. The molecule has 32 heavy (non-hydrogen) atoms. The second-order valence-electron chi connectivity index (χ2n) is 8.38. The number of aryl methyl sites for hydroxylation is 1. The molecule has 0 saturated carbocycles. The zero-order valence-corrected chi connectivity index (χ0v) is 17.9. The van der Waals surface area contributed by atoms with Gasteiger partial charge in [-0.1, -0.05) is 18.2 Å². The number of hydrogen-bond donors (Lipinski definition) is 3. The van der Waals surface area contributed by atoms with Crippen LogP contribution in [0.25, 0.3) is 22.3 Å². The molecule has 0 aliphatic carbocycles. The van der Waals surface area contributed by atoms with Crippen molar-refractivity contribution in [3.05, 3.63) is 60.0 Å². The Morgan fingerprint density at radius 1 is 1.19 bits per heavy atom. The third-order valence-electron chi connectivity index (χ3n) is 6.14. The molecule has 2 aliphatic heterocycles. The number of nitrogens with one attached hydrogen (secondary N) is 3. The lowest BCUT2D eigenvalue weighted by Gasteiger charge is -2.34. The largest absolute Gasteiger partial charge is 0.377 e. The van der Waals surface area contributed by atoms with Gasteiger partial charge in [-0.05, 0) is 36.6 Å². The topological polar surface area (TPSA) is 91.0 Å². The molecule has 1 saturated heterocycles. The zero-order valence-electron chi connectivity index (χ0n) is 17.9. The average Bonchev–Trinajstić information content (AvgIpc) is 3.37. The predicted octanol–water partition coefficient (Wildman–Crippen LogP) is 3.57. The van der Waals surface area contributed by atoms with Crippen molar-refractivity contribution in [3.8, 4) is 11.4 Å². The summed E-state index contributed by atoms with van der Waals surface area (Å²) in [5.74, 6) is 2.44. The summed E-state index contributed by atoms with van der Waals surface area (Å²) in [6.45, 7) is 4.98. The number of nitrogens with zero attached hydrogens (tertiary/aromatic N) is 4. The molecular weight excluding hydrogens is 402 g/mol. The fourth-order valence-corrected chi connectivity index (χ4v) is 4.35. The molecule has 1 aromatic carbocycles. The van der Waals surface area contributed by atoms with E-state index in [4.69, 9.17) is 14.7 Å². The van der Waals surface area contributed by atoms with Crippen molar-refractivity contribution >= 4 is 28.2 Å². The van der Waals surface area contributed by atoms with Crippen molar-refractivity contribution in [1.29, 1.82) is 0 Å². The monoisotopic (exact) mass is 427 g/mol. The van der Waals surface area contributed by atoms with Crippen molar-refractivity contribution in [2.45, 2.75) is 19.4 Å². The summed E-state index contributed by atoms with van der Waals surface area (Å²) in [5.41, 5.74) is 5.43. The number of ether oxygens (including phenoxy) is 1. The Morgan fingerprint density at radius 2 is 2.09 bits per heavy atom. The van der Waals surface area contributed by atoms with E-state index >= 15 is 0 Å². The molecule has 4 aromatic rings. The number of aromatic nitrogens is 4. The number of para-hydroxylation sites is 1. The molecule has 0 unspecified atom stereocenters. The maximum absolute atomic E-state index is 5.42. The van der Waals surface area contributed by atoms with Gasteiger partial charge in [0.2, 0.25) is 0 Å². The highest BCUT2D eigenvalue weighted by Crippen LogP contribution is 2.39. The van der Waals surface area contributed by atoms with Crippen molar-refractivity contribution in [2.75, 3.05) is 42.0 Å². The highest BCUT2D eigenvalue weighted by Gasteiger charge is 2.34. The fourth-order valence-electron chi connectivity index (χ4n) is 4.35. The molecule has 3 aromatic heterocycles. The van der Waals surface area contributed by atoms with Crippen molar-refractivity contribution in [3.63, 3.8) is 0 Å². The van der Waals surface area contributed by atoms with E-state index in [0.717, 1.165) is 54.6 Å².